The van der Waals surface area contributed by atoms with Crippen LogP contribution in [0.3, 0.4) is 0 Å². The van der Waals surface area contributed by atoms with Gasteiger partial charge in [-0.1, -0.05) is 74.7 Å². The highest BCUT2D eigenvalue weighted by Crippen LogP contribution is 2.17. The van der Waals surface area contributed by atoms with Crippen molar-refractivity contribution in [1.29, 1.82) is 0 Å². The molecule has 2 aromatic rings. The molecule has 4 heteroatoms. The van der Waals surface area contributed by atoms with E-state index in [1.807, 2.05) is 36.4 Å². The second kappa shape index (κ2) is 10.1. The number of unbranched alkanes of at least 4 members (excludes halogenated alkanes) is 3. The van der Waals surface area contributed by atoms with E-state index >= 15 is 0 Å². The molecule has 0 amide bonds. The molecule has 1 N–H and O–H groups in total. The fourth-order valence-electron chi connectivity index (χ4n) is 3.20. The smallest absolute Gasteiger partial charge is 0.193 e. The van der Waals surface area contributed by atoms with Crippen LogP contribution in [0.2, 0.25) is 0 Å². The summed E-state index contributed by atoms with van der Waals surface area (Å²) in [5.41, 5.74) is 3.66. The van der Waals surface area contributed by atoms with Gasteiger partial charge in [0.1, 0.15) is 5.84 Å². The van der Waals surface area contributed by atoms with E-state index in [-0.39, 0.29) is 18.2 Å². The van der Waals surface area contributed by atoms with Gasteiger partial charge in [-0.15, -0.1) is 12.4 Å². The van der Waals surface area contributed by atoms with Crippen molar-refractivity contribution in [2.24, 2.45) is 4.99 Å². The van der Waals surface area contributed by atoms with Crippen molar-refractivity contribution in [3.63, 3.8) is 0 Å². The lowest BCUT2D eigenvalue weighted by Gasteiger charge is -2.10. The number of halogens is 1. The van der Waals surface area contributed by atoms with Crippen molar-refractivity contribution in [2.75, 3.05) is 13.1 Å². The molecule has 26 heavy (non-hydrogen) atoms. The molecule has 0 saturated heterocycles. The van der Waals surface area contributed by atoms with Crippen molar-refractivity contribution in [1.82, 2.24) is 5.32 Å². The van der Waals surface area contributed by atoms with Crippen LogP contribution in [0.15, 0.2) is 53.5 Å². The number of aryl methyl sites for hydroxylation is 1. The van der Waals surface area contributed by atoms with E-state index in [9.17, 15) is 4.79 Å². The van der Waals surface area contributed by atoms with Gasteiger partial charge in [-0.05, 0) is 18.4 Å². The Kier molecular flexibility index (Phi) is 7.86. The van der Waals surface area contributed by atoms with E-state index < -0.39 is 0 Å². The second-order valence-corrected chi connectivity index (χ2v) is 6.54. The van der Waals surface area contributed by atoms with Crippen molar-refractivity contribution >= 4 is 24.0 Å². The molecule has 0 saturated carbocycles. The molecule has 0 atom stereocenters. The van der Waals surface area contributed by atoms with E-state index in [0.29, 0.717) is 5.56 Å². The Balaban J connectivity index is 0.00000243. The van der Waals surface area contributed by atoms with Gasteiger partial charge >= 0.3 is 0 Å². The molecule has 0 unspecified atom stereocenters. The number of rotatable bonds is 8. The Morgan fingerprint density at radius 1 is 1.04 bits per heavy atom. The van der Waals surface area contributed by atoms with Crippen LogP contribution in [0.25, 0.3) is 0 Å². The van der Waals surface area contributed by atoms with Crippen LogP contribution in [0, 0.1) is 0 Å². The van der Waals surface area contributed by atoms with Gasteiger partial charge < -0.3 is 5.32 Å². The molecule has 0 aromatic heterocycles. The highest BCUT2D eigenvalue weighted by atomic mass is 35.5. The molecule has 0 aliphatic carbocycles. The molecule has 138 valence electrons. The summed E-state index contributed by atoms with van der Waals surface area (Å²) in [6, 6.07) is 15.8. The zero-order chi connectivity index (χ0) is 17.5. The number of hydrogen-bond donors (Lipinski definition) is 1. The first-order valence-corrected chi connectivity index (χ1v) is 9.31. The summed E-state index contributed by atoms with van der Waals surface area (Å²) in [5.74, 6) is 0.890. The molecule has 1 aliphatic heterocycles. The quantitative estimate of drug-likeness (QED) is 0.535. The van der Waals surface area contributed by atoms with E-state index in [0.717, 1.165) is 36.5 Å². The summed E-state index contributed by atoms with van der Waals surface area (Å²) in [6.45, 7) is 3.83. The minimum Gasteiger partial charge on any atom is -0.368 e. The first-order valence-electron chi connectivity index (χ1n) is 9.31. The SMILES string of the molecule is CCCCCCc1ccc(C(=O)c2ccccc2C2=NCCN2)cc1.Cl. The Morgan fingerprint density at radius 2 is 1.81 bits per heavy atom. The summed E-state index contributed by atoms with van der Waals surface area (Å²) in [4.78, 5) is 17.4. The summed E-state index contributed by atoms with van der Waals surface area (Å²) < 4.78 is 0. The lowest BCUT2D eigenvalue weighted by molar-refractivity contribution is 0.103. The molecule has 1 aliphatic rings. The van der Waals surface area contributed by atoms with Gasteiger partial charge in [0.05, 0.1) is 6.54 Å². The Labute approximate surface area is 162 Å². The van der Waals surface area contributed by atoms with E-state index in [4.69, 9.17) is 0 Å². The van der Waals surface area contributed by atoms with Gasteiger partial charge in [0.15, 0.2) is 5.78 Å². The summed E-state index contributed by atoms with van der Waals surface area (Å²) in [7, 11) is 0. The van der Waals surface area contributed by atoms with E-state index in [1.165, 1.54) is 31.2 Å². The van der Waals surface area contributed by atoms with Crippen LogP contribution in [-0.2, 0) is 6.42 Å². The number of ketones is 1. The second-order valence-electron chi connectivity index (χ2n) is 6.54. The predicted octanol–water partition coefficient (Wildman–Crippen LogP) is 4.81. The minimum absolute atomic E-state index is 0. The summed E-state index contributed by atoms with van der Waals surface area (Å²) >= 11 is 0. The van der Waals surface area contributed by atoms with Crippen LogP contribution in [0.5, 0.6) is 0 Å². The largest absolute Gasteiger partial charge is 0.368 e. The molecule has 3 rings (SSSR count). The molecule has 3 nitrogen and oxygen atoms in total. The van der Waals surface area contributed by atoms with Gasteiger partial charge in [-0.2, -0.15) is 0 Å². The zero-order valence-electron chi connectivity index (χ0n) is 15.3. The summed E-state index contributed by atoms with van der Waals surface area (Å²) in [6.07, 6.45) is 6.14. The number of benzene rings is 2. The predicted molar refractivity (Wildman–Crippen MR) is 111 cm³/mol. The third kappa shape index (κ3) is 4.95. The maximum atomic E-state index is 13.0. The van der Waals surface area contributed by atoms with Gasteiger partial charge in [0.25, 0.3) is 0 Å². The maximum Gasteiger partial charge on any atom is 0.193 e. The third-order valence-electron chi connectivity index (χ3n) is 4.64. The average molecular weight is 371 g/mol. The first kappa shape index (κ1) is 20.2. The van der Waals surface area contributed by atoms with Gasteiger partial charge in [0.2, 0.25) is 0 Å². The lowest BCUT2D eigenvalue weighted by Crippen LogP contribution is -2.22. The highest BCUT2D eigenvalue weighted by Gasteiger charge is 2.18. The molecule has 0 bridgehead atoms. The number of carbonyl (C=O) groups excluding carboxylic acids is 1. The van der Waals surface area contributed by atoms with Gasteiger partial charge in [-0.3, -0.25) is 9.79 Å². The number of amidine groups is 1. The molecular weight excluding hydrogens is 344 g/mol. The van der Waals surface area contributed by atoms with Gasteiger partial charge in [0, 0.05) is 23.2 Å². The Hall–Kier alpha value is -2.13. The Bertz CT molecular complexity index is 753. The first-order chi connectivity index (χ1) is 12.3. The minimum atomic E-state index is 0. The fourth-order valence-corrected chi connectivity index (χ4v) is 3.20. The number of nitrogens with zero attached hydrogens (tertiary/aromatic N) is 1. The summed E-state index contributed by atoms with van der Waals surface area (Å²) in [5, 5.41) is 3.26. The molecular formula is C22H27ClN2O. The maximum absolute atomic E-state index is 13.0. The van der Waals surface area contributed by atoms with Crippen molar-refractivity contribution in [3.05, 3.63) is 70.8 Å². The molecule has 2 aromatic carbocycles. The zero-order valence-corrected chi connectivity index (χ0v) is 16.1. The molecule has 1 heterocycles. The topological polar surface area (TPSA) is 41.5 Å². The van der Waals surface area contributed by atoms with Gasteiger partial charge in [-0.25, -0.2) is 0 Å². The number of carbonyl (C=O) groups is 1. The molecule has 0 spiro atoms. The standard InChI is InChI=1S/C22H26N2O.ClH/c1-2-3-4-5-8-17-11-13-18(14-12-17)21(25)19-9-6-7-10-20(19)22-23-15-16-24-22;/h6-7,9-14H,2-5,8,15-16H2,1H3,(H,23,24);1H. The monoisotopic (exact) mass is 370 g/mol. The molecule has 0 radical (unpaired) electrons. The van der Waals surface area contributed by atoms with E-state index in [2.05, 4.69) is 29.4 Å². The number of hydrogen-bond acceptors (Lipinski definition) is 3. The van der Waals surface area contributed by atoms with Crippen LogP contribution in [0.4, 0.5) is 0 Å². The molecule has 0 fully saturated rings. The van der Waals surface area contributed by atoms with E-state index in [1.54, 1.807) is 0 Å². The van der Waals surface area contributed by atoms with Crippen molar-refractivity contribution < 1.29 is 4.79 Å². The third-order valence-corrected chi connectivity index (χ3v) is 4.64. The fraction of sp³-hybridized carbons (Fsp3) is 0.364. The lowest BCUT2D eigenvalue weighted by atomic mass is 9.96. The van der Waals surface area contributed by atoms with Crippen LogP contribution < -0.4 is 5.32 Å². The number of nitrogens with one attached hydrogen (secondary N) is 1. The van der Waals surface area contributed by atoms with Crippen molar-refractivity contribution in [3.8, 4) is 0 Å². The van der Waals surface area contributed by atoms with Crippen molar-refractivity contribution in [2.45, 2.75) is 39.0 Å². The Morgan fingerprint density at radius 3 is 2.50 bits per heavy atom. The van der Waals surface area contributed by atoms with Crippen LogP contribution in [-0.4, -0.2) is 24.7 Å². The highest BCUT2D eigenvalue weighted by molar-refractivity contribution is 6.16. The van der Waals surface area contributed by atoms with Crippen LogP contribution in [0.1, 0.15) is 59.7 Å². The van der Waals surface area contributed by atoms with Crippen LogP contribution >= 0.6 is 12.4 Å². The normalized spacial score (nSPS) is 12.9. The number of aliphatic imine (C=N–C) groups is 1. The average Bonchev–Trinajstić information content (AvgIpc) is 3.20.